The third-order valence-corrected chi connectivity index (χ3v) is 6.01. The highest BCUT2D eigenvalue weighted by Crippen LogP contribution is 2.32. The number of rotatable bonds is 6. The van der Waals surface area contributed by atoms with Crippen LogP contribution in [0.1, 0.15) is 51.3 Å². The third kappa shape index (κ3) is 5.18. The van der Waals surface area contributed by atoms with Crippen LogP contribution < -0.4 is 20.3 Å². The van der Waals surface area contributed by atoms with Crippen molar-refractivity contribution in [3.05, 3.63) is 88.4 Å². The average Bonchev–Trinajstić information content (AvgIpc) is 3.10. The summed E-state index contributed by atoms with van der Waals surface area (Å²) >= 11 is 11.7. The van der Waals surface area contributed by atoms with Crippen molar-refractivity contribution in [3.8, 4) is 5.75 Å². The number of anilines is 2. The average molecular weight is 508 g/mol. The third-order valence-electron chi connectivity index (χ3n) is 5.49. The first-order valence-electron chi connectivity index (χ1n) is 10.9. The molecule has 178 valence electrons. The summed E-state index contributed by atoms with van der Waals surface area (Å²) in [4.78, 5) is 39.1. The minimum Gasteiger partial charge on any atom is -0.491 e. The van der Waals surface area contributed by atoms with Gasteiger partial charge in [0.15, 0.2) is 5.11 Å². The standard InChI is InChI=1S/C26H22ClN3O4S/c1-3-15(2)34-18-8-6-7-16(13-18)23(31)29-26(35)28-22-12-11-17(14-21(22)27)30-24(32)19-9-4-5-10-20(19)25(30)33/h4-15H,3H2,1-2H3,(H2,28,29,31,35)/t15-/m1/s1. The lowest BCUT2D eigenvalue weighted by Crippen LogP contribution is -2.34. The van der Waals surface area contributed by atoms with Crippen LogP contribution in [-0.4, -0.2) is 28.9 Å². The van der Waals surface area contributed by atoms with E-state index in [1.54, 1.807) is 60.7 Å². The maximum absolute atomic E-state index is 12.7. The largest absolute Gasteiger partial charge is 0.491 e. The van der Waals surface area contributed by atoms with Crippen molar-refractivity contribution >= 4 is 58.0 Å². The summed E-state index contributed by atoms with van der Waals surface area (Å²) < 4.78 is 5.76. The first kappa shape index (κ1) is 24.4. The number of hydrogen-bond donors (Lipinski definition) is 2. The number of carbonyl (C=O) groups excluding carboxylic acids is 3. The Kier molecular flexibility index (Phi) is 7.14. The number of thiocarbonyl (C=S) groups is 1. The van der Waals surface area contributed by atoms with Crippen LogP contribution in [0.25, 0.3) is 0 Å². The predicted molar refractivity (Wildman–Crippen MR) is 140 cm³/mol. The van der Waals surface area contributed by atoms with Gasteiger partial charge in [-0.15, -0.1) is 0 Å². The second-order valence-corrected chi connectivity index (χ2v) is 8.74. The fourth-order valence-corrected chi connectivity index (χ4v) is 3.95. The normalized spacial score (nSPS) is 13.3. The number of ether oxygens (including phenoxy) is 1. The highest BCUT2D eigenvalue weighted by Gasteiger charge is 2.36. The van der Waals surface area contributed by atoms with Crippen molar-refractivity contribution in [3.63, 3.8) is 0 Å². The molecule has 2 N–H and O–H groups in total. The highest BCUT2D eigenvalue weighted by atomic mass is 35.5. The molecule has 0 spiro atoms. The molecule has 0 aliphatic carbocycles. The lowest BCUT2D eigenvalue weighted by Gasteiger charge is -2.17. The van der Waals surface area contributed by atoms with Gasteiger partial charge in [0.2, 0.25) is 0 Å². The predicted octanol–water partition coefficient (Wildman–Crippen LogP) is 5.44. The molecule has 0 fully saturated rings. The van der Waals surface area contributed by atoms with Crippen molar-refractivity contribution < 1.29 is 19.1 Å². The van der Waals surface area contributed by atoms with E-state index in [1.807, 2.05) is 13.8 Å². The van der Waals surface area contributed by atoms with Crippen molar-refractivity contribution in [2.75, 3.05) is 10.2 Å². The quantitative estimate of drug-likeness (QED) is 0.341. The lowest BCUT2D eigenvalue weighted by molar-refractivity contribution is 0.0923. The zero-order valence-electron chi connectivity index (χ0n) is 19.0. The number of carbonyl (C=O) groups is 3. The molecular formula is C26H22ClN3O4S. The molecule has 0 unspecified atom stereocenters. The monoisotopic (exact) mass is 507 g/mol. The van der Waals surface area contributed by atoms with Crippen molar-refractivity contribution in [1.29, 1.82) is 0 Å². The van der Waals surface area contributed by atoms with Gasteiger partial charge in [0.25, 0.3) is 17.7 Å². The minimum absolute atomic E-state index is 0.0291. The van der Waals surface area contributed by atoms with Crippen LogP contribution >= 0.6 is 23.8 Å². The van der Waals surface area contributed by atoms with Crippen LogP contribution in [0, 0.1) is 0 Å². The van der Waals surface area contributed by atoms with E-state index in [0.29, 0.717) is 33.8 Å². The van der Waals surface area contributed by atoms with Crippen LogP contribution in [0.4, 0.5) is 11.4 Å². The van der Waals surface area contributed by atoms with Gasteiger partial charge in [-0.25, -0.2) is 4.90 Å². The molecular weight excluding hydrogens is 486 g/mol. The molecule has 1 heterocycles. The Morgan fingerprint density at radius 3 is 2.34 bits per heavy atom. The second-order valence-electron chi connectivity index (χ2n) is 7.93. The molecule has 1 aliphatic rings. The van der Waals surface area contributed by atoms with E-state index in [4.69, 9.17) is 28.6 Å². The maximum atomic E-state index is 12.7. The number of hydrogen-bond acceptors (Lipinski definition) is 5. The summed E-state index contributed by atoms with van der Waals surface area (Å²) in [6, 6.07) is 18.1. The number of nitrogens with zero attached hydrogens (tertiary/aromatic N) is 1. The lowest BCUT2D eigenvalue weighted by atomic mass is 10.1. The fourth-order valence-electron chi connectivity index (χ4n) is 3.52. The molecule has 35 heavy (non-hydrogen) atoms. The van der Waals surface area contributed by atoms with Gasteiger partial charge < -0.3 is 10.1 Å². The molecule has 0 bridgehead atoms. The van der Waals surface area contributed by atoms with E-state index in [0.717, 1.165) is 11.3 Å². The van der Waals surface area contributed by atoms with E-state index in [-0.39, 0.29) is 16.2 Å². The van der Waals surface area contributed by atoms with Crippen LogP contribution in [0.15, 0.2) is 66.7 Å². The summed E-state index contributed by atoms with van der Waals surface area (Å²) in [6.45, 7) is 3.97. The maximum Gasteiger partial charge on any atom is 0.266 e. The van der Waals surface area contributed by atoms with Crippen LogP contribution in [-0.2, 0) is 0 Å². The Balaban J connectivity index is 1.43. The number of fused-ring (bicyclic) bond motifs is 1. The van der Waals surface area contributed by atoms with Gasteiger partial charge in [0.1, 0.15) is 5.75 Å². The Hall–Kier alpha value is -3.75. The first-order valence-corrected chi connectivity index (χ1v) is 11.7. The molecule has 3 aromatic rings. The zero-order valence-corrected chi connectivity index (χ0v) is 20.6. The molecule has 0 aromatic heterocycles. The van der Waals surface area contributed by atoms with E-state index >= 15 is 0 Å². The molecule has 1 aliphatic heterocycles. The van der Waals surface area contributed by atoms with Gasteiger partial charge in [0, 0.05) is 5.56 Å². The molecule has 1 atom stereocenters. The van der Waals surface area contributed by atoms with Gasteiger partial charge in [-0.1, -0.05) is 36.7 Å². The smallest absolute Gasteiger partial charge is 0.266 e. The number of benzene rings is 3. The number of amides is 3. The van der Waals surface area contributed by atoms with Gasteiger partial charge in [-0.05, 0) is 74.1 Å². The molecule has 0 radical (unpaired) electrons. The van der Waals surface area contributed by atoms with Gasteiger partial charge in [0.05, 0.1) is 33.6 Å². The van der Waals surface area contributed by atoms with Gasteiger partial charge >= 0.3 is 0 Å². The molecule has 3 amide bonds. The summed E-state index contributed by atoms with van der Waals surface area (Å²) in [7, 11) is 0. The Bertz CT molecular complexity index is 1310. The van der Waals surface area contributed by atoms with Crippen LogP contribution in [0.3, 0.4) is 0 Å². The summed E-state index contributed by atoms with van der Waals surface area (Å²) in [5.74, 6) is -0.636. The molecule has 9 heteroatoms. The summed E-state index contributed by atoms with van der Waals surface area (Å²) in [5.41, 5.74) is 1.82. The Morgan fingerprint density at radius 1 is 1.03 bits per heavy atom. The minimum atomic E-state index is -0.412. The van der Waals surface area contributed by atoms with Crippen LogP contribution in [0.2, 0.25) is 5.02 Å². The number of halogens is 1. The topological polar surface area (TPSA) is 87.7 Å². The van der Waals surface area contributed by atoms with E-state index in [1.165, 1.54) is 6.07 Å². The van der Waals surface area contributed by atoms with Gasteiger partial charge in [-0.3, -0.25) is 19.7 Å². The Labute approximate surface area is 213 Å². The summed E-state index contributed by atoms with van der Waals surface area (Å²) in [5, 5.41) is 5.75. The molecule has 7 nitrogen and oxygen atoms in total. The number of imide groups is 1. The fraction of sp³-hybridized carbons (Fsp3) is 0.154. The molecule has 3 aromatic carbocycles. The van der Waals surface area contributed by atoms with Crippen molar-refractivity contribution in [2.45, 2.75) is 26.4 Å². The zero-order chi connectivity index (χ0) is 25.1. The molecule has 0 saturated heterocycles. The van der Waals surface area contributed by atoms with Crippen molar-refractivity contribution in [2.24, 2.45) is 0 Å². The first-order chi connectivity index (χ1) is 16.8. The van der Waals surface area contributed by atoms with E-state index in [2.05, 4.69) is 10.6 Å². The van der Waals surface area contributed by atoms with E-state index in [9.17, 15) is 14.4 Å². The Morgan fingerprint density at radius 2 is 1.71 bits per heavy atom. The SMILES string of the molecule is CC[C@@H](C)Oc1cccc(C(=O)NC(=S)Nc2ccc(N3C(=O)c4ccccc4C3=O)cc2Cl)c1. The highest BCUT2D eigenvalue weighted by molar-refractivity contribution is 7.80. The number of nitrogens with one attached hydrogen (secondary N) is 2. The summed E-state index contributed by atoms with van der Waals surface area (Å²) in [6.07, 6.45) is 0.873. The van der Waals surface area contributed by atoms with Crippen molar-refractivity contribution in [1.82, 2.24) is 5.32 Å². The molecule has 4 rings (SSSR count). The molecule has 0 saturated carbocycles. The van der Waals surface area contributed by atoms with E-state index < -0.39 is 17.7 Å². The van der Waals surface area contributed by atoms with Crippen LogP contribution in [0.5, 0.6) is 5.75 Å². The second kappa shape index (κ2) is 10.2. The van der Waals surface area contributed by atoms with Gasteiger partial charge in [-0.2, -0.15) is 0 Å².